The highest BCUT2D eigenvalue weighted by Gasteiger charge is 2.17. The van der Waals surface area contributed by atoms with E-state index in [-0.39, 0.29) is 25.2 Å². The van der Waals surface area contributed by atoms with Gasteiger partial charge in [-0.15, -0.1) is 0 Å². The number of para-hydroxylation sites is 2. The largest absolute Gasteiger partial charge is 0.492 e. The fraction of sp³-hybridized carbons (Fsp3) is 0.231. The Kier molecular flexibility index (Phi) is 7.29. The molecule has 1 aliphatic rings. The van der Waals surface area contributed by atoms with Gasteiger partial charge in [0.2, 0.25) is 12.7 Å². The maximum atomic E-state index is 12.9. The van der Waals surface area contributed by atoms with Gasteiger partial charge in [0, 0.05) is 18.3 Å². The number of fused-ring (bicyclic) bond motifs is 1. The van der Waals surface area contributed by atoms with Gasteiger partial charge in [0.05, 0.1) is 17.8 Å². The average molecular weight is 462 g/mol. The Hall–Kier alpha value is -4.04. The molecule has 0 saturated carbocycles. The Morgan fingerprint density at radius 1 is 0.971 bits per heavy atom. The lowest BCUT2D eigenvalue weighted by atomic mass is 10.1. The van der Waals surface area contributed by atoms with Gasteiger partial charge in [0.15, 0.2) is 11.5 Å². The molecule has 8 nitrogen and oxygen atoms in total. The molecular formula is C26H27N3O5. The highest BCUT2D eigenvalue weighted by molar-refractivity contribution is 6.10. The summed E-state index contributed by atoms with van der Waals surface area (Å²) in [5.41, 5.74) is 2.44. The number of anilines is 2. The summed E-state index contributed by atoms with van der Waals surface area (Å²) in [5.74, 6) is 1.49. The fourth-order valence-corrected chi connectivity index (χ4v) is 3.51. The molecule has 0 fully saturated rings. The minimum absolute atomic E-state index is 0.161. The van der Waals surface area contributed by atoms with E-state index in [0.717, 1.165) is 11.3 Å². The Labute approximate surface area is 198 Å². The van der Waals surface area contributed by atoms with Crippen molar-refractivity contribution in [1.82, 2.24) is 4.90 Å². The molecule has 2 amide bonds. The molecule has 1 aliphatic heterocycles. The van der Waals surface area contributed by atoms with Crippen LogP contribution in [0.15, 0.2) is 66.7 Å². The highest BCUT2D eigenvalue weighted by Crippen LogP contribution is 2.34. The van der Waals surface area contributed by atoms with E-state index >= 15 is 0 Å². The Balaban J connectivity index is 1.31. The molecule has 8 heteroatoms. The number of carbonyl (C=O) groups excluding carboxylic acids is 2. The number of aryl methyl sites for hydroxylation is 1. The minimum Gasteiger partial charge on any atom is -0.492 e. The van der Waals surface area contributed by atoms with Crippen LogP contribution < -0.4 is 24.8 Å². The van der Waals surface area contributed by atoms with Crippen LogP contribution in [0.5, 0.6) is 17.2 Å². The topological polar surface area (TPSA) is 89.1 Å². The van der Waals surface area contributed by atoms with Crippen molar-refractivity contribution in [2.75, 3.05) is 44.2 Å². The molecule has 0 unspecified atom stereocenters. The number of ether oxygens (including phenoxy) is 3. The van der Waals surface area contributed by atoms with E-state index in [9.17, 15) is 9.59 Å². The van der Waals surface area contributed by atoms with Gasteiger partial charge >= 0.3 is 0 Å². The second-order valence-corrected chi connectivity index (χ2v) is 7.97. The smallest absolute Gasteiger partial charge is 0.257 e. The fourth-order valence-electron chi connectivity index (χ4n) is 3.51. The molecule has 0 aliphatic carbocycles. The van der Waals surface area contributed by atoms with Crippen LogP contribution in [0.1, 0.15) is 15.9 Å². The summed E-state index contributed by atoms with van der Waals surface area (Å²) in [7, 11) is 1.85. The summed E-state index contributed by atoms with van der Waals surface area (Å²) in [5, 5.41) is 5.68. The lowest BCUT2D eigenvalue weighted by molar-refractivity contribution is -0.117. The van der Waals surface area contributed by atoms with Crippen LogP contribution in [-0.4, -0.2) is 50.3 Å². The summed E-state index contributed by atoms with van der Waals surface area (Å²) in [6, 6.07) is 19.9. The number of benzene rings is 3. The third-order valence-electron chi connectivity index (χ3n) is 5.31. The molecule has 3 aromatic rings. The van der Waals surface area contributed by atoms with Gasteiger partial charge in [-0.05, 0) is 49.9 Å². The van der Waals surface area contributed by atoms with E-state index < -0.39 is 0 Å². The van der Waals surface area contributed by atoms with Crippen molar-refractivity contribution >= 4 is 23.2 Å². The van der Waals surface area contributed by atoms with Crippen molar-refractivity contribution in [3.63, 3.8) is 0 Å². The summed E-state index contributed by atoms with van der Waals surface area (Å²) in [4.78, 5) is 27.4. The van der Waals surface area contributed by atoms with Gasteiger partial charge in [0.25, 0.3) is 5.91 Å². The first-order valence-corrected chi connectivity index (χ1v) is 11.0. The van der Waals surface area contributed by atoms with Crippen LogP contribution in [0, 0.1) is 6.92 Å². The van der Waals surface area contributed by atoms with Crippen LogP contribution in [0.25, 0.3) is 0 Å². The maximum absolute atomic E-state index is 12.9. The van der Waals surface area contributed by atoms with E-state index in [4.69, 9.17) is 14.2 Å². The zero-order valence-electron chi connectivity index (χ0n) is 19.2. The number of hydrogen-bond donors (Lipinski definition) is 2. The van der Waals surface area contributed by atoms with Crippen molar-refractivity contribution < 1.29 is 23.8 Å². The predicted octanol–water partition coefficient (Wildman–Crippen LogP) is 3.93. The van der Waals surface area contributed by atoms with Crippen LogP contribution in [0.3, 0.4) is 0 Å². The molecule has 0 saturated heterocycles. The zero-order chi connectivity index (χ0) is 23.9. The quantitative estimate of drug-likeness (QED) is 0.502. The molecule has 0 aromatic heterocycles. The van der Waals surface area contributed by atoms with Gasteiger partial charge in [-0.2, -0.15) is 0 Å². The Morgan fingerprint density at radius 2 is 1.74 bits per heavy atom. The molecule has 0 radical (unpaired) electrons. The molecule has 3 aromatic carbocycles. The van der Waals surface area contributed by atoms with E-state index in [2.05, 4.69) is 10.6 Å². The van der Waals surface area contributed by atoms with Crippen molar-refractivity contribution in [3.05, 3.63) is 77.9 Å². The van der Waals surface area contributed by atoms with Crippen molar-refractivity contribution in [2.45, 2.75) is 6.92 Å². The number of amides is 2. The van der Waals surface area contributed by atoms with Gasteiger partial charge in [0.1, 0.15) is 12.4 Å². The molecule has 2 N–H and O–H groups in total. The number of hydrogen-bond acceptors (Lipinski definition) is 6. The van der Waals surface area contributed by atoms with Crippen molar-refractivity contribution in [3.8, 4) is 17.2 Å². The van der Waals surface area contributed by atoms with Crippen molar-refractivity contribution in [1.29, 1.82) is 0 Å². The minimum atomic E-state index is -0.338. The maximum Gasteiger partial charge on any atom is 0.257 e. The van der Waals surface area contributed by atoms with Crippen LogP contribution in [-0.2, 0) is 4.79 Å². The van der Waals surface area contributed by atoms with E-state index in [1.54, 1.807) is 42.5 Å². The summed E-state index contributed by atoms with van der Waals surface area (Å²) in [6.45, 7) is 3.35. The van der Waals surface area contributed by atoms with Crippen molar-refractivity contribution in [2.24, 2.45) is 0 Å². The van der Waals surface area contributed by atoms with Crippen LogP contribution in [0.4, 0.5) is 11.4 Å². The highest BCUT2D eigenvalue weighted by atomic mass is 16.7. The van der Waals surface area contributed by atoms with E-state index in [1.165, 1.54) is 0 Å². The average Bonchev–Trinajstić information content (AvgIpc) is 3.28. The molecular weight excluding hydrogens is 434 g/mol. The molecule has 176 valence electrons. The number of rotatable bonds is 9. The SMILES string of the molecule is Cc1ccccc1OCCN(C)CC(=O)Nc1ccccc1C(=O)Nc1ccc2c(c1)OCO2. The molecule has 4 rings (SSSR count). The predicted molar refractivity (Wildman–Crippen MR) is 130 cm³/mol. The van der Waals surface area contributed by atoms with Gasteiger partial charge in [-0.1, -0.05) is 30.3 Å². The monoisotopic (exact) mass is 461 g/mol. The van der Waals surface area contributed by atoms with E-state index in [0.29, 0.717) is 41.6 Å². The number of nitrogens with zero attached hydrogens (tertiary/aromatic N) is 1. The zero-order valence-corrected chi connectivity index (χ0v) is 19.2. The Bertz CT molecular complexity index is 1180. The first-order chi connectivity index (χ1) is 16.5. The lowest BCUT2D eigenvalue weighted by Crippen LogP contribution is -2.33. The van der Waals surface area contributed by atoms with Gasteiger partial charge in [-0.3, -0.25) is 14.5 Å². The standard InChI is InChI=1S/C26H27N3O5/c1-18-7-3-6-10-22(18)32-14-13-29(2)16-25(30)28-21-9-5-4-8-20(21)26(31)27-19-11-12-23-24(15-19)34-17-33-23/h3-12,15H,13-14,16-17H2,1-2H3,(H,27,31)(H,28,30). The van der Waals surface area contributed by atoms with Crippen LogP contribution in [0.2, 0.25) is 0 Å². The molecule has 0 bridgehead atoms. The van der Waals surface area contributed by atoms with Gasteiger partial charge < -0.3 is 24.8 Å². The normalized spacial score (nSPS) is 11.9. The first-order valence-electron chi connectivity index (χ1n) is 11.0. The van der Waals surface area contributed by atoms with Gasteiger partial charge in [-0.25, -0.2) is 0 Å². The molecule has 34 heavy (non-hydrogen) atoms. The first kappa shape index (κ1) is 23.1. The Morgan fingerprint density at radius 3 is 2.59 bits per heavy atom. The second-order valence-electron chi connectivity index (χ2n) is 7.97. The summed E-state index contributed by atoms with van der Waals surface area (Å²) in [6.07, 6.45) is 0. The van der Waals surface area contributed by atoms with E-state index in [1.807, 2.05) is 43.1 Å². The number of carbonyl (C=O) groups is 2. The number of nitrogens with one attached hydrogen (secondary N) is 2. The molecule has 1 heterocycles. The van der Waals surface area contributed by atoms with Crippen LogP contribution >= 0.6 is 0 Å². The third kappa shape index (κ3) is 5.85. The molecule has 0 atom stereocenters. The second kappa shape index (κ2) is 10.7. The lowest BCUT2D eigenvalue weighted by Gasteiger charge is -2.18. The third-order valence-corrected chi connectivity index (χ3v) is 5.31. The summed E-state index contributed by atoms with van der Waals surface area (Å²) < 4.78 is 16.4. The molecule has 0 spiro atoms. The number of likely N-dealkylation sites (N-methyl/N-ethyl adjacent to an activating group) is 1. The summed E-state index contributed by atoms with van der Waals surface area (Å²) >= 11 is 0.